The lowest BCUT2D eigenvalue weighted by atomic mass is 10.1. The third-order valence-corrected chi connectivity index (χ3v) is 7.56. The summed E-state index contributed by atoms with van der Waals surface area (Å²) in [5, 5.41) is 2.88. The Morgan fingerprint density at radius 1 is 0.925 bits per heavy atom. The summed E-state index contributed by atoms with van der Waals surface area (Å²) in [6, 6.07) is 23.3. The Morgan fingerprint density at radius 3 is 2.20 bits per heavy atom. The van der Waals surface area contributed by atoms with E-state index in [2.05, 4.69) is 5.32 Å². The van der Waals surface area contributed by atoms with E-state index in [1.807, 2.05) is 75.4 Å². The number of amides is 2. The predicted molar refractivity (Wildman–Crippen MR) is 159 cm³/mol. The van der Waals surface area contributed by atoms with Gasteiger partial charge in [-0.15, -0.1) is 0 Å². The van der Waals surface area contributed by atoms with Crippen molar-refractivity contribution in [3.8, 4) is 5.75 Å². The molecular weight excluding hydrogens is 526 g/mol. The first-order valence-electron chi connectivity index (χ1n) is 13.5. The van der Waals surface area contributed by atoms with Crippen LogP contribution in [0.2, 0.25) is 0 Å². The van der Waals surface area contributed by atoms with Crippen LogP contribution in [0.1, 0.15) is 43.4 Å². The average molecular weight is 566 g/mol. The summed E-state index contributed by atoms with van der Waals surface area (Å²) in [5.74, 6) is -0.141. The van der Waals surface area contributed by atoms with Gasteiger partial charge in [0.25, 0.3) is 0 Å². The molecule has 0 radical (unpaired) electrons. The van der Waals surface area contributed by atoms with Crippen LogP contribution in [0, 0.1) is 6.92 Å². The molecule has 8 nitrogen and oxygen atoms in total. The van der Waals surface area contributed by atoms with Gasteiger partial charge in [0, 0.05) is 13.1 Å². The Balaban J connectivity index is 1.84. The van der Waals surface area contributed by atoms with E-state index >= 15 is 0 Å². The Labute approximate surface area is 238 Å². The second-order valence-corrected chi connectivity index (χ2v) is 11.7. The second kappa shape index (κ2) is 14.5. The van der Waals surface area contributed by atoms with Gasteiger partial charge in [-0.3, -0.25) is 13.9 Å². The molecule has 9 heteroatoms. The third kappa shape index (κ3) is 8.84. The van der Waals surface area contributed by atoms with Crippen LogP contribution in [0.3, 0.4) is 0 Å². The van der Waals surface area contributed by atoms with Gasteiger partial charge in [0.05, 0.1) is 11.9 Å². The second-order valence-electron chi connectivity index (χ2n) is 9.76. The molecule has 3 aromatic rings. The number of sulfonamides is 1. The van der Waals surface area contributed by atoms with Crippen LogP contribution in [0.5, 0.6) is 5.75 Å². The summed E-state index contributed by atoms with van der Waals surface area (Å²) in [5.41, 5.74) is 3.24. The summed E-state index contributed by atoms with van der Waals surface area (Å²) in [6.07, 6.45) is 2.22. The van der Waals surface area contributed by atoms with Crippen molar-refractivity contribution in [2.75, 3.05) is 23.7 Å². The van der Waals surface area contributed by atoms with Crippen molar-refractivity contribution in [2.45, 2.75) is 52.8 Å². The molecule has 0 bridgehead atoms. The fourth-order valence-corrected chi connectivity index (χ4v) is 5.21. The number of hydrogen-bond acceptors (Lipinski definition) is 5. The molecular formula is C31H39N3O5S. The summed E-state index contributed by atoms with van der Waals surface area (Å²) in [7, 11) is -3.82. The molecule has 1 atom stereocenters. The van der Waals surface area contributed by atoms with Crippen molar-refractivity contribution in [2.24, 2.45) is 0 Å². The SMILES string of the molecule is CCCNC(=O)C(CC)N(Cc1cccc(C)c1)C(=O)CN(c1ccc(OCc2ccccc2)cc1)S(C)(=O)=O. The summed E-state index contributed by atoms with van der Waals surface area (Å²) in [4.78, 5) is 28.3. The number of nitrogens with one attached hydrogen (secondary N) is 1. The number of anilines is 1. The van der Waals surface area contributed by atoms with Crippen molar-refractivity contribution in [3.05, 3.63) is 95.6 Å². The summed E-state index contributed by atoms with van der Waals surface area (Å²) in [6.45, 7) is 6.37. The topological polar surface area (TPSA) is 96.0 Å². The Kier molecular flexibility index (Phi) is 11.1. The maximum Gasteiger partial charge on any atom is 0.244 e. The highest BCUT2D eigenvalue weighted by molar-refractivity contribution is 7.92. The smallest absolute Gasteiger partial charge is 0.244 e. The van der Waals surface area contributed by atoms with Gasteiger partial charge in [-0.25, -0.2) is 8.42 Å². The van der Waals surface area contributed by atoms with E-state index in [4.69, 9.17) is 4.74 Å². The summed E-state index contributed by atoms with van der Waals surface area (Å²) < 4.78 is 32.6. The largest absolute Gasteiger partial charge is 0.489 e. The lowest BCUT2D eigenvalue weighted by molar-refractivity contribution is -0.140. The quantitative estimate of drug-likeness (QED) is 0.306. The minimum Gasteiger partial charge on any atom is -0.489 e. The van der Waals surface area contributed by atoms with Crippen LogP contribution >= 0.6 is 0 Å². The molecule has 2 amide bonds. The monoisotopic (exact) mass is 565 g/mol. The number of carbonyl (C=O) groups is 2. The number of carbonyl (C=O) groups excluding carboxylic acids is 2. The van der Waals surface area contributed by atoms with E-state index in [0.29, 0.717) is 31.0 Å². The minimum absolute atomic E-state index is 0.183. The van der Waals surface area contributed by atoms with E-state index in [1.54, 1.807) is 24.3 Å². The Hall–Kier alpha value is -3.85. The van der Waals surface area contributed by atoms with Crippen molar-refractivity contribution < 1.29 is 22.7 Å². The van der Waals surface area contributed by atoms with Crippen LogP contribution in [-0.2, 0) is 32.8 Å². The molecule has 0 aliphatic heterocycles. The summed E-state index contributed by atoms with van der Waals surface area (Å²) >= 11 is 0. The molecule has 1 N–H and O–H groups in total. The zero-order valence-electron chi connectivity index (χ0n) is 23.7. The van der Waals surface area contributed by atoms with E-state index in [0.717, 1.165) is 33.7 Å². The maximum atomic E-state index is 13.8. The van der Waals surface area contributed by atoms with Crippen molar-refractivity contribution >= 4 is 27.5 Å². The molecule has 0 aliphatic carbocycles. The average Bonchev–Trinajstić information content (AvgIpc) is 2.93. The normalized spacial score (nSPS) is 11.9. The molecule has 0 aliphatic rings. The third-order valence-electron chi connectivity index (χ3n) is 6.42. The minimum atomic E-state index is -3.82. The van der Waals surface area contributed by atoms with Crippen molar-refractivity contribution in [3.63, 3.8) is 0 Å². The van der Waals surface area contributed by atoms with E-state index in [9.17, 15) is 18.0 Å². The predicted octanol–water partition coefficient (Wildman–Crippen LogP) is 4.67. The number of ether oxygens (including phenoxy) is 1. The van der Waals surface area contributed by atoms with Gasteiger partial charge in [-0.05, 0) is 55.2 Å². The molecule has 0 aromatic heterocycles. The number of benzene rings is 3. The van der Waals surface area contributed by atoms with E-state index in [1.165, 1.54) is 4.90 Å². The van der Waals surface area contributed by atoms with Gasteiger partial charge in [0.15, 0.2) is 0 Å². The lowest BCUT2D eigenvalue weighted by Crippen LogP contribution is -2.52. The Morgan fingerprint density at radius 2 is 1.60 bits per heavy atom. The molecule has 1 unspecified atom stereocenters. The highest BCUT2D eigenvalue weighted by atomic mass is 32.2. The molecule has 3 aromatic carbocycles. The number of nitrogens with zero attached hydrogens (tertiary/aromatic N) is 2. The number of hydrogen-bond donors (Lipinski definition) is 1. The van der Waals surface area contributed by atoms with Crippen LogP contribution in [0.25, 0.3) is 0 Å². The van der Waals surface area contributed by atoms with Gasteiger partial charge in [0.1, 0.15) is 24.9 Å². The fourth-order valence-electron chi connectivity index (χ4n) is 4.36. The van der Waals surface area contributed by atoms with Crippen LogP contribution in [0.15, 0.2) is 78.9 Å². The van der Waals surface area contributed by atoms with Gasteiger partial charge in [-0.1, -0.05) is 74.0 Å². The molecule has 214 valence electrons. The van der Waals surface area contributed by atoms with Gasteiger partial charge < -0.3 is 15.0 Å². The molecule has 0 fully saturated rings. The first-order valence-corrected chi connectivity index (χ1v) is 15.3. The van der Waals surface area contributed by atoms with Gasteiger partial charge in [0.2, 0.25) is 21.8 Å². The molecule has 40 heavy (non-hydrogen) atoms. The van der Waals surface area contributed by atoms with Crippen LogP contribution in [-0.4, -0.2) is 50.5 Å². The number of aryl methyl sites for hydroxylation is 1. The zero-order chi connectivity index (χ0) is 29.1. The van der Waals surface area contributed by atoms with E-state index < -0.39 is 28.5 Å². The first-order chi connectivity index (χ1) is 19.1. The molecule has 0 heterocycles. The Bertz CT molecular complexity index is 1360. The number of rotatable bonds is 14. The van der Waals surface area contributed by atoms with Crippen molar-refractivity contribution in [1.29, 1.82) is 0 Å². The zero-order valence-corrected chi connectivity index (χ0v) is 24.5. The standard InChI is InChI=1S/C31H39N3O5S/c1-5-19-32-31(36)29(6-2)33(21-26-14-10-11-24(3)20-26)30(35)22-34(40(4,37)38)27-15-17-28(18-16-27)39-23-25-12-8-7-9-13-25/h7-18,20,29H,5-6,19,21-23H2,1-4H3,(H,32,36). The van der Waals surface area contributed by atoms with E-state index in [-0.39, 0.29) is 12.5 Å². The fraction of sp³-hybridized carbons (Fsp3) is 0.355. The lowest BCUT2D eigenvalue weighted by Gasteiger charge is -2.33. The molecule has 3 rings (SSSR count). The first kappa shape index (κ1) is 30.7. The van der Waals surface area contributed by atoms with Crippen LogP contribution in [0.4, 0.5) is 5.69 Å². The van der Waals surface area contributed by atoms with Crippen molar-refractivity contribution in [1.82, 2.24) is 10.2 Å². The van der Waals surface area contributed by atoms with Gasteiger partial charge in [-0.2, -0.15) is 0 Å². The molecule has 0 saturated carbocycles. The van der Waals surface area contributed by atoms with Crippen LogP contribution < -0.4 is 14.4 Å². The molecule has 0 spiro atoms. The maximum absolute atomic E-state index is 13.8. The highest BCUT2D eigenvalue weighted by Crippen LogP contribution is 2.23. The highest BCUT2D eigenvalue weighted by Gasteiger charge is 2.31. The van der Waals surface area contributed by atoms with Gasteiger partial charge >= 0.3 is 0 Å². The molecule has 0 saturated heterocycles.